The molecular weight excluding hydrogens is 364 g/mol. The van der Waals surface area contributed by atoms with Gasteiger partial charge >= 0.3 is 0 Å². The molecule has 29 heavy (non-hydrogen) atoms. The smallest absolute Gasteiger partial charge is 0.137 e. The number of fused-ring (bicyclic) bond motifs is 1. The highest BCUT2D eigenvalue weighted by atomic mass is 16.5. The largest absolute Gasteiger partial charge is 0.378 e. The van der Waals surface area contributed by atoms with Crippen molar-refractivity contribution in [1.29, 1.82) is 0 Å². The molecule has 5 rings (SSSR count). The Bertz CT molecular complexity index is 978. The normalized spacial score (nSPS) is 21.3. The number of morpholine rings is 1. The number of anilines is 2. The first-order valence-electron chi connectivity index (χ1n) is 10.4. The van der Waals surface area contributed by atoms with Crippen LogP contribution in [-0.2, 0) is 4.74 Å². The molecule has 0 radical (unpaired) electrons. The summed E-state index contributed by atoms with van der Waals surface area (Å²) in [6.07, 6.45) is 3.26. The second-order valence-corrected chi connectivity index (χ2v) is 7.95. The van der Waals surface area contributed by atoms with Crippen LogP contribution in [0, 0.1) is 0 Å². The predicted molar refractivity (Wildman–Crippen MR) is 115 cm³/mol. The summed E-state index contributed by atoms with van der Waals surface area (Å²) < 4.78 is 5.46. The number of hydrogen-bond donors (Lipinski definition) is 2. The van der Waals surface area contributed by atoms with Gasteiger partial charge in [0.1, 0.15) is 12.5 Å². The Balaban J connectivity index is 1.49. The van der Waals surface area contributed by atoms with E-state index in [-0.39, 0.29) is 0 Å². The molecule has 0 amide bonds. The lowest BCUT2D eigenvalue weighted by Crippen LogP contribution is -2.39. The molecule has 1 aromatic carbocycles. The molecule has 4 heterocycles. The van der Waals surface area contributed by atoms with Crippen LogP contribution < -0.4 is 26.1 Å². The summed E-state index contributed by atoms with van der Waals surface area (Å²) in [5, 5.41) is 9.16. The van der Waals surface area contributed by atoms with Crippen molar-refractivity contribution in [2.24, 2.45) is 4.99 Å². The molecule has 0 spiro atoms. The topological polar surface area (TPSA) is 65.0 Å². The Morgan fingerprint density at radius 3 is 2.76 bits per heavy atom. The maximum Gasteiger partial charge on any atom is 0.137 e. The average Bonchev–Trinajstić information content (AvgIpc) is 3.28. The fraction of sp³-hybridized carbons (Fsp3) is 0.455. The van der Waals surface area contributed by atoms with E-state index < -0.39 is 0 Å². The minimum atomic E-state index is 0.408. The van der Waals surface area contributed by atoms with Gasteiger partial charge in [0.15, 0.2) is 0 Å². The second-order valence-electron chi connectivity index (χ2n) is 7.95. The fourth-order valence-electron chi connectivity index (χ4n) is 4.14. The standard InChI is InChI=1S/C22H28N6O/c1-27-14-19-21(24-15-27)12-20(26-22(19)25-17-6-7-23-13-17)16-2-4-18(5-3-16)28-8-10-29-11-9-28/h2-5,12,14,17,23H,6-11,13,15H2,1H3,(H,25,26)/t17-/m1/s1. The molecule has 3 aliphatic heterocycles. The van der Waals surface area contributed by atoms with Gasteiger partial charge in [0.25, 0.3) is 0 Å². The van der Waals surface area contributed by atoms with Gasteiger partial charge in [-0.15, -0.1) is 0 Å². The van der Waals surface area contributed by atoms with Gasteiger partial charge in [-0.05, 0) is 31.2 Å². The molecule has 2 N–H and O–H groups in total. The first-order chi connectivity index (χ1) is 14.3. The highest BCUT2D eigenvalue weighted by Gasteiger charge is 2.17. The van der Waals surface area contributed by atoms with Crippen LogP contribution in [0.2, 0.25) is 0 Å². The van der Waals surface area contributed by atoms with Gasteiger partial charge in [-0.2, -0.15) is 0 Å². The van der Waals surface area contributed by atoms with Crippen LogP contribution in [0.4, 0.5) is 11.5 Å². The van der Waals surface area contributed by atoms with E-state index in [4.69, 9.17) is 14.7 Å². The lowest BCUT2D eigenvalue weighted by Gasteiger charge is -2.28. The van der Waals surface area contributed by atoms with Crippen molar-refractivity contribution in [3.05, 3.63) is 40.9 Å². The van der Waals surface area contributed by atoms with Crippen molar-refractivity contribution in [2.75, 3.05) is 63.3 Å². The van der Waals surface area contributed by atoms with E-state index in [2.05, 4.69) is 57.0 Å². The van der Waals surface area contributed by atoms with Crippen molar-refractivity contribution in [3.8, 4) is 11.3 Å². The molecule has 1 atom stereocenters. The van der Waals surface area contributed by atoms with Gasteiger partial charge in [0.2, 0.25) is 0 Å². The first-order valence-corrected chi connectivity index (χ1v) is 10.4. The predicted octanol–water partition coefficient (Wildman–Crippen LogP) is 0.620. The van der Waals surface area contributed by atoms with Crippen LogP contribution in [0.25, 0.3) is 17.5 Å². The third-order valence-corrected chi connectivity index (χ3v) is 5.79. The van der Waals surface area contributed by atoms with Crippen molar-refractivity contribution in [1.82, 2.24) is 15.2 Å². The SMILES string of the molecule is CN1C=c2c(N[C@@H]3CCNC3)nc(-c3ccc(N4CCOCC4)cc3)cc2=NC1. The van der Waals surface area contributed by atoms with E-state index in [1.54, 1.807) is 0 Å². The molecule has 2 fully saturated rings. The second kappa shape index (κ2) is 8.00. The Kier molecular flexibility index (Phi) is 5.08. The molecule has 0 aliphatic carbocycles. The molecule has 152 valence electrons. The molecule has 3 aliphatic rings. The number of hydrogen-bond acceptors (Lipinski definition) is 7. The van der Waals surface area contributed by atoms with Gasteiger partial charge in [0.05, 0.1) is 29.5 Å². The Hall–Kier alpha value is -2.64. The van der Waals surface area contributed by atoms with Crippen molar-refractivity contribution >= 4 is 17.7 Å². The zero-order valence-corrected chi connectivity index (χ0v) is 16.9. The Morgan fingerprint density at radius 1 is 1.17 bits per heavy atom. The number of benzene rings is 1. The zero-order valence-electron chi connectivity index (χ0n) is 16.9. The lowest BCUT2D eigenvalue weighted by atomic mass is 10.1. The molecular formula is C22H28N6O. The molecule has 7 heteroatoms. The van der Waals surface area contributed by atoms with Crippen LogP contribution >= 0.6 is 0 Å². The maximum atomic E-state index is 5.46. The summed E-state index contributed by atoms with van der Waals surface area (Å²) in [6, 6.07) is 11.2. The summed E-state index contributed by atoms with van der Waals surface area (Å²) in [6.45, 7) is 6.19. The van der Waals surface area contributed by atoms with Crippen LogP contribution in [0.5, 0.6) is 0 Å². The van der Waals surface area contributed by atoms with E-state index in [9.17, 15) is 0 Å². The Labute approximate surface area is 171 Å². The molecule has 0 saturated carbocycles. The third-order valence-electron chi connectivity index (χ3n) is 5.79. The molecule has 0 bridgehead atoms. The number of nitrogens with zero attached hydrogens (tertiary/aromatic N) is 4. The van der Waals surface area contributed by atoms with E-state index in [0.29, 0.717) is 12.7 Å². The van der Waals surface area contributed by atoms with E-state index in [0.717, 1.165) is 73.5 Å². The summed E-state index contributed by atoms with van der Waals surface area (Å²) in [5.41, 5.74) is 3.32. The quantitative estimate of drug-likeness (QED) is 0.795. The highest BCUT2D eigenvalue weighted by molar-refractivity contribution is 5.65. The first kappa shape index (κ1) is 18.4. The maximum absolute atomic E-state index is 5.46. The third kappa shape index (κ3) is 3.93. The highest BCUT2D eigenvalue weighted by Crippen LogP contribution is 2.22. The monoisotopic (exact) mass is 392 g/mol. The number of aromatic nitrogens is 1. The van der Waals surface area contributed by atoms with E-state index in [1.807, 2.05) is 7.05 Å². The van der Waals surface area contributed by atoms with Gasteiger partial charge in [-0.25, -0.2) is 4.98 Å². The van der Waals surface area contributed by atoms with Gasteiger partial charge < -0.3 is 25.2 Å². The minimum absolute atomic E-state index is 0.408. The number of nitrogens with one attached hydrogen (secondary N) is 2. The van der Waals surface area contributed by atoms with Crippen LogP contribution in [0.15, 0.2) is 35.3 Å². The van der Waals surface area contributed by atoms with Gasteiger partial charge in [-0.1, -0.05) is 12.1 Å². The average molecular weight is 393 g/mol. The summed E-state index contributed by atoms with van der Waals surface area (Å²) in [7, 11) is 2.05. The van der Waals surface area contributed by atoms with Crippen LogP contribution in [0.3, 0.4) is 0 Å². The minimum Gasteiger partial charge on any atom is -0.378 e. The van der Waals surface area contributed by atoms with Crippen molar-refractivity contribution in [3.63, 3.8) is 0 Å². The number of pyridine rings is 1. The summed E-state index contributed by atoms with van der Waals surface area (Å²) >= 11 is 0. The lowest BCUT2D eigenvalue weighted by molar-refractivity contribution is 0.122. The van der Waals surface area contributed by atoms with Gasteiger partial charge in [-0.3, -0.25) is 4.99 Å². The fourth-order valence-corrected chi connectivity index (χ4v) is 4.14. The molecule has 0 unspecified atom stereocenters. The number of rotatable bonds is 4. The number of ether oxygens (including phenoxy) is 1. The zero-order chi connectivity index (χ0) is 19.6. The summed E-state index contributed by atoms with van der Waals surface area (Å²) in [5.74, 6) is 0.929. The molecule has 1 aromatic heterocycles. The van der Waals surface area contributed by atoms with E-state index >= 15 is 0 Å². The van der Waals surface area contributed by atoms with Crippen LogP contribution in [-0.4, -0.2) is 69.0 Å². The molecule has 2 saturated heterocycles. The summed E-state index contributed by atoms with van der Waals surface area (Å²) in [4.78, 5) is 14.2. The Morgan fingerprint density at radius 2 is 2.00 bits per heavy atom. The van der Waals surface area contributed by atoms with Gasteiger partial charge in [0, 0.05) is 50.2 Å². The van der Waals surface area contributed by atoms with Crippen molar-refractivity contribution in [2.45, 2.75) is 12.5 Å². The van der Waals surface area contributed by atoms with Crippen LogP contribution in [0.1, 0.15) is 6.42 Å². The van der Waals surface area contributed by atoms with E-state index in [1.165, 1.54) is 5.69 Å². The molecule has 7 nitrogen and oxygen atoms in total. The van der Waals surface area contributed by atoms with Crippen molar-refractivity contribution < 1.29 is 4.74 Å². The molecule has 2 aromatic rings.